The van der Waals surface area contributed by atoms with Crippen LogP contribution in [-0.2, 0) is 10.0 Å². The van der Waals surface area contributed by atoms with Crippen molar-refractivity contribution in [2.24, 2.45) is 5.84 Å². The van der Waals surface area contributed by atoms with Crippen LogP contribution in [0.1, 0.15) is 5.56 Å². The second-order valence-corrected chi connectivity index (χ2v) is 5.68. The van der Waals surface area contributed by atoms with Gasteiger partial charge in [0.1, 0.15) is 5.82 Å². The van der Waals surface area contributed by atoms with Gasteiger partial charge in [0.25, 0.3) is 10.0 Å². The van der Waals surface area contributed by atoms with Crippen molar-refractivity contribution in [1.29, 1.82) is 0 Å². The largest absolute Gasteiger partial charge is 0.324 e. The molecule has 1 heterocycles. The van der Waals surface area contributed by atoms with Crippen molar-refractivity contribution in [2.75, 3.05) is 10.1 Å². The predicted octanol–water partition coefficient (Wildman–Crippen LogP) is 1.48. The first kappa shape index (κ1) is 13.3. The number of nitrogens with one attached hydrogen (secondary N) is 2. The molecule has 0 bridgehead atoms. The van der Waals surface area contributed by atoms with E-state index in [9.17, 15) is 8.42 Å². The van der Waals surface area contributed by atoms with Crippen LogP contribution >= 0.6 is 0 Å². The first-order chi connectivity index (χ1) is 9.01. The van der Waals surface area contributed by atoms with Gasteiger partial charge in [-0.2, -0.15) is 0 Å². The van der Waals surface area contributed by atoms with E-state index in [1.807, 2.05) is 6.92 Å². The van der Waals surface area contributed by atoms with Crippen LogP contribution in [0, 0.1) is 6.92 Å². The molecular formula is C12H14N4O2S. The number of rotatable bonds is 4. The average molecular weight is 278 g/mol. The molecule has 2 rings (SSSR count). The molecule has 0 fully saturated rings. The standard InChI is InChI=1S/C12H14N4O2S/c1-9-6-7-14-12(8-9)16-19(17,18)11-4-2-10(15-13)3-5-11/h2-8,15H,13H2,1H3,(H,14,16). The minimum atomic E-state index is -3.64. The average Bonchev–Trinajstić information content (AvgIpc) is 2.38. The van der Waals surface area contributed by atoms with Gasteiger partial charge in [0.05, 0.1) is 4.90 Å². The quantitative estimate of drug-likeness (QED) is 0.581. The van der Waals surface area contributed by atoms with Crippen molar-refractivity contribution in [2.45, 2.75) is 11.8 Å². The zero-order chi connectivity index (χ0) is 13.9. The summed E-state index contributed by atoms with van der Waals surface area (Å²) in [5.41, 5.74) is 3.99. The van der Waals surface area contributed by atoms with E-state index in [4.69, 9.17) is 5.84 Å². The maximum atomic E-state index is 12.1. The molecule has 1 aromatic heterocycles. The van der Waals surface area contributed by atoms with Crippen molar-refractivity contribution in [3.63, 3.8) is 0 Å². The lowest BCUT2D eigenvalue weighted by molar-refractivity contribution is 0.601. The minimum absolute atomic E-state index is 0.148. The number of aryl methyl sites for hydroxylation is 1. The molecule has 4 N–H and O–H groups in total. The van der Waals surface area contributed by atoms with E-state index in [2.05, 4.69) is 15.1 Å². The smallest absolute Gasteiger partial charge is 0.263 e. The second-order valence-electron chi connectivity index (χ2n) is 3.99. The van der Waals surface area contributed by atoms with Crippen LogP contribution in [0.15, 0.2) is 47.5 Å². The molecule has 0 aliphatic rings. The maximum Gasteiger partial charge on any atom is 0.263 e. The lowest BCUT2D eigenvalue weighted by Gasteiger charge is -2.08. The molecule has 7 heteroatoms. The Bertz CT molecular complexity index is 668. The molecule has 100 valence electrons. The summed E-state index contributed by atoms with van der Waals surface area (Å²) >= 11 is 0. The fourth-order valence-corrected chi connectivity index (χ4v) is 2.52. The van der Waals surface area contributed by atoms with Crippen LogP contribution < -0.4 is 16.0 Å². The van der Waals surface area contributed by atoms with Gasteiger partial charge in [-0.3, -0.25) is 10.6 Å². The Labute approximate surface area is 111 Å². The number of nitrogens with zero attached hydrogens (tertiary/aromatic N) is 1. The molecular weight excluding hydrogens is 264 g/mol. The molecule has 0 spiro atoms. The van der Waals surface area contributed by atoms with E-state index >= 15 is 0 Å². The Morgan fingerprint density at radius 3 is 2.42 bits per heavy atom. The topological polar surface area (TPSA) is 97.1 Å². The maximum absolute atomic E-state index is 12.1. The third-order valence-corrected chi connectivity index (χ3v) is 3.86. The molecule has 2 aromatic rings. The number of hydrogen-bond donors (Lipinski definition) is 3. The zero-order valence-corrected chi connectivity index (χ0v) is 11.1. The van der Waals surface area contributed by atoms with E-state index in [-0.39, 0.29) is 4.90 Å². The summed E-state index contributed by atoms with van der Waals surface area (Å²) in [5.74, 6) is 5.52. The summed E-state index contributed by atoms with van der Waals surface area (Å²) < 4.78 is 26.6. The Kier molecular flexibility index (Phi) is 3.68. The van der Waals surface area contributed by atoms with E-state index in [1.165, 1.54) is 12.1 Å². The summed E-state index contributed by atoms with van der Waals surface area (Å²) in [7, 11) is -3.64. The van der Waals surface area contributed by atoms with Gasteiger partial charge in [-0.05, 0) is 48.9 Å². The number of hydrogen-bond acceptors (Lipinski definition) is 5. The van der Waals surface area contributed by atoms with Crippen LogP contribution in [0.3, 0.4) is 0 Å². The van der Waals surface area contributed by atoms with Crippen LogP contribution in [0.4, 0.5) is 11.5 Å². The summed E-state index contributed by atoms with van der Waals surface area (Å²) in [6.45, 7) is 1.86. The molecule has 19 heavy (non-hydrogen) atoms. The van der Waals surface area contributed by atoms with Gasteiger partial charge < -0.3 is 5.43 Å². The van der Waals surface area contributed by atoms with Crippen LogP contribution in [0.5, 0.6) is 0 Å². The van der Waals surface area contributed by atoms with E-state index < -0.39 is 10.0 Å². The molecule has 0 amide bonds. The van der Waals surface area contributed by atoms with Crippen molar-refractivity contribution < 1.29 is 8.42 Å². The van der Waals surface area contributed by atoms with Crippen molar-refractivity contribution in [3.8, 4) is 0 Å². The third-order valence-electron chi connectivity index (χ3n) is 2.49. The molecule has 1 aromatic carbocycles. The van der Waals surface area contributed by atoms with E-state index in [0.717, 1.165) is 5.56 Å². The highest BCUT2D eigenvalue weighted by molar-refractivity contribution is 7.92. The van der Waals surface area contributed by atoms with Crippen molar-refractivity contribution >= 4 is 21.5 Å². The summed E-state index contributed by atoms with van der Waals surface area (Å²) in [5, 5.41) is 0. The Morgan fingerprint density at radius 2 is 1.84 bits per heavy atom. The first-order valence-corrected chi connectivity index (χ1v) is 7.02. The van der Waals surface area contributed by atoms with Gasteiger partial charge >= 0.3 is 0 Å². The summed E-state index contributed by atoms with van der Waals surface area (Å²) in [6, 6.07) is 9.55. The molecule has 0 radical (unpaired) electrons. The van der Waals surface area contributed by atoms with Crippen molar-refractivity contribution in [1.82, 2.24) is 4.98 Å². The van der Waals surface area contributed by atoms with Gasteiger partial charge in [-0.15, -0.1) is 0 Å². The van der Waals surface area contributed by atoms with Crippen LogP contribution in [0.2, 0.25) is 0 Å². The minimum Gasteiger partial charge on any atom is -0.324 e. The van der Waals surface area contributed by atoms with Crippen LogP contribution in [-0.4, -0.2) is 13.4 Å². The summed E-state index contributed by atoms with van der Waals surface area (Å²) in [6.07, 6.45) is 1.55. The highest BCUT2D eigenvalue weighted by Crippen LogP contribution is 2.17. The number of anilines is 2. The highest BCUT2D eigenvalue weighted by Gasteiger charge is 2.14. The third kappa shape index (κ3) is 3.21. The van der Waals surface area contributed by atoms with Gasteiger partial charge in [0, 0.05) is 11.9 Å². The number of aromatic nitrogens is 1. The van der Waals surface area contributed by atoms with Crippen LogP contribution in [0.25, 0.3) is 0 Å². The zero-order valence-electron chi connectivity index (χ0n) is 10.3. The van der Waals surface area contributed by atoms with Gasteiger partial charge in [-0.25, -0.2) is 13.4 Å². The van der Waals surface area contributed by atoms with E-state index in [0.29, 0.717) is 11.5 Å². The lowest BCUT2D eigenvalue weighted by atomic mass is 10.3. The SMILES string of the molecule is Cc1ccnc(NS(=O)(=O)c2ccc(NN)cc2)c1. The van der Waals surface area contributed by atoms with Crippen molar-refractivity contribution in [3.05, 3.63) is 48.2 Å². The van der Waals surface area contributed by atoms with Gasteiger partial charge in [-0.1, -0.05) is 0 Å². The number of hydrazine groups is 1. The summed E-state index contributed by atoms with van der Waals surface area (Å²) in [4.78, 5) is 4.11. The molecule has 0 aliphatic heterocycles. The predicted molar refractivity (Wildman–Crippen MR) is 74.0 cm³/mol. The normalized spacial score (nSPS) is 11.1. The molecule has 0 saturated heterocycles. The lowest BCUT2D eigenvalue weighted by Crippen LogP contribution is -2.14. The number of pyridine rings is 1. The number of nitrogen functional groups attached to an aromatic ring is 1. The molecule has 0 aliphatic carbocycles. The number of benzene rings is 1. The number of nitrogens with two attached hydrogens (primary N) is 1. The monoisotopic (exact) mass is 278 g/mol. The number of sulfonamides is 1. The Morgan fingerprint density at radius 1 is 1.16 bits per heavy atom. The molecule has 0 saturated carbocycles. The second kappa shape index (κ2) is 5.25. The molecule has 0 atom stereocenters. The fraction of sp³-hybridized carbons (Fsp3) is 0.0833. The van der Waals surface area contributed by atoms with Gasteiger partial charge in [0.15, 0.2) is 0 Å². The Balaban J connectivity index is 2.27. The first-order valence-electron chi connectivity index (χ1n) is 5.53. The molecule has 6 nitrogen and oxygen atoms in total. The Hall–Kier alpha value is -2.12. The highest BCUT2D eigenvalue weighted by atomic mass is 32.2. The molecule has 0 unspecified atom stereocenters. The van der Waals surface area contributed by atoms with E-state index in [1.54, 1.807) is 30.5 Å². The van der Waals surface area contributed by atoms with Gasteiger partial charge in [0.2, 0.25) is 0 Å². The fourth-order valence-electron chi connectivity index (χ4n) is 1.52.